The van der Waals surface area contributed by atoms with Gasteiger partial charge in [0.2, 0.25) is 0 Å². The molecule has 0 aromatic carbocycles. The van der Waals surface area contributed by atoms with Crippen molar-refractivity contribution >= 4 is 23.5 Å². The van der Waals surface area contributed by atoms with Gasteiger partial charge in [-0.2, -0.15) is 0 Å². The average Bonchev–Trinajstić information content (AvgIpc) is 2.79. The lowest BCUT2D eigenvalue weighted by atomic mass is 9.82. The number of carboxylic acids is 1. The predicted octanol–water partition coefficient (Wildman–Crippen LogP) is 2.88. The standard InChI is InChI=1S/C15H21ClN2O3/c1-3-6-17-9-11(16)8-12(17)13(19)18-7-4-5-15(2,10-18)14(20)21/h8-9H,3-7,10H2,1-2H3,(H,20,21). The fraction of sp³-hybridized carbons (Fsp3) is 0.600. The zero-order valence-electron chi connectivity index (χ0n) is 12.4. The van der Waals surface area contributed by atoms with Crippen molar-refractivity contribution in [2.75, 3.05) is 13.1 Å². The largest absolute Gasteiger partial charge is 0.481 e. The van der Waals surface area contributed by atoms with Crippen LogP contribution < -0.4 is 0 Å². The van der Waals surface area contributed by atoms with Gasteiger partial charge in [0, 0.05) is 25.8 Å². The van der Waals surface area contributed by atoms with E-state index in [4.69, 9.17) is 11.6 Å². The number of likely N-dealkylation sites (tertiary alicyclic amines) is 1. The predicted molar refractivity (Wildman–Crippen MR) is 80.6 cm³/mol. The SMILES string of the molecule is CCCn1cc(Cl)cc1C(=O)N1CCCC(C)(C(=O)O)C1. The minimum atomic E-state index is -0.861. The molecule has 0 saturated carbocycles. The summed E-state index contributed by atoms with van der Waals surface area (Å²) in [7, 11) is 0. The van der Waals surface area contributed by atoms with Crippen LogP contribution in [0.1, 0.15) is 43.6 Å². The summed E-state index contributed by atoms with van der Waals surface area (Å²) in [5.41, 5.74) is -0.323. The summed E-state index contributed by atoms with van der Waals surface area (Å²) in [4.78, 5) is 25.7. The first-order valence-corrected chi connectivity index (χ1v) is 7.63. The number of aliphatic carboxylic acids is 1. The summed E-state index contributed by atoms with van der Waals surface area (Å²) in [6.45, 7) is 5.29. The van der Waals surface area contributed by atoms with Crippen LogP contribution in [0.2, 0.25) is 5.02 Å². The van der Waals surface area contributed by atoms with Crippen LogP contribution in [0.3, 0.4) is 0 Å². The summed E-state index contributed by atoms with van der Waals surface area (Å²) in [6, 6.07) is 1.66. The molecule has 0 spiro atoms. The second-order valence-corrected chi connectivity index (χ2v) is 6.37. The Balaban J connectivity index is 2.22. The summed E-state index contributed by atoms with van der Waals surface area (Å²) >= 11 is 6.01. The molecule has 0 radical (unpaired) electrons. The molecule has 1 N–H and O–H groups in total. The molecule has 116 valence electrons. The molecule has 1 unspecified atom stereocenters. The van der Waals surface area contributed by atoms with Gasteiger partial charge in [-0.1, -0.05) is 18.5 Å². The van der Waals surface area contributed by atoms with Gasteiger partial charge in [-0.05, 0) is 32.3 Å². The van der Waals surface area contributed by atoms with E-state index < -0.39 is 11.4 Å². The maximum atomic E-state index is 12.7. The molecule has 2 rings (SSSR count). The minimum absolute atomic E-state index is 0.137. The number of hydrogen-bond acceptors (Lipinski definition) is 2. The maximum absolute atomic E-state index is 12.7. The van der Waals surface area contributed by atoms with Crippen molar-refractivity contribution in [3.63, 3.8) is 0 Å². The molecule has 6 heteroatoms. The van der Waals surface area contributed by atoms with Crippen LogP contribution in [-0.2, 0) is 11.3 Å². The van der Waals surface area contributed by atoms with Gasteiger partial charge in [0.25, 0.3) is 5.91 Å². The van der Waals surface area contributed by atoms with Gasteiger partial charge in [0.05, 0.1) is 10.4 Å². The fourth-order valence-corrected chi connectivity index (χ4v) is 3.05. The number of aryl methyl sites for hydroxylation is 1. The Morgan fingerprint density at radius 2 is 2.19 bits per heavy atom. The van der Waals surface area contributed by atoms with Gasteiger partial charge in [-0.25, -0.2) is 0 Å². The van der Waals surface area contributed by atoms with E-state index in [9.17, 15) is 14.7 Å². The molecule has 1 aromatic rings. The normalized spacial score (nSPS) is 22.3. The third-order valence-electron chi connectivity index (χ3n) is 4.05. The van der Waals surface area contributed by atoms with Crippen LogP contribution in [0.25, 0.3) is 0 Å². The highest BCUT2D eigenvalue weighted by Gasteiger charge is 2.39. The van der Waals surface area contributed by atoms with E-state index in [0.29, 0.717) is 30.1 Å². The third-order valence-corrected chi connectivity index (χ3v) is 4.25. The molecule has 1 aromatic heterocycles. The molecule has 0 bridgehead atoms. The van der Waals surface area contributed by atoms with Crippen molar-refractivity contribution in [1.82, 2.24) is 9.47 Å². The number of carbonyl (C=O) groups excluding carboxylic acids is 1. The van der Waals surface area contributed by atoms with E-state index in [1.54, 1.807) is 24.1 Å². The Labute approximate surface area is 129 Å². The van der Waals surface area contributed by atoms with Crippen LogP contribution in [0, 0.1) is 5.41 Å². The van der Waals surface area contributed by atoms with Crippen molar-refractivity contribution in [2.45, 2.75) is 39.7 Å². The van der Waals surface area contributed by atoms with E-state index in [1.165, 1.54) is 0 Å². The zero-order valence-corrected chi connectivity index (χ0v) is 13.2. The highest BCUT2D eigenvalue weighted by atomic mass is 35.5. The van der Waals surface area contributed by atoms with E-state index in [0.717, 1.165) is 13.0 Å². The Bertz CT molecular complexity index is 555. The van der Waals surface area contributed by atoms with Crippen LogP contribution in [0.15, 0.2) is 12.3 Å². The molecule has 1 aliphatic rings. The van der Waals surface area contributed by atoms with Crippen LogP contribution >= 0.6 is 11.6 Å². The molecule has 1 fully saturated rings. The number of halogens is 1. The number of piperidine rings is 1. The first kappa shape index (κ1) is 15.9. The lowest BCUT2D eigenvalue weighted by Gasteiger charge is -2.37. The van der Waals surface area contributed by atoms with Crippen molar-refractivity contribution < 1.29 is 14.7 Å². The van der Waals surface area contributed by atoms with Gasteiger partial charge < -0.3 is 14.6 Å². The van der Waals surface area contributed by atoms with Crippen LogP contribution in [0.5, 0.6) is 0 Å². The van der Waals surface area contributed by atoms with Crippen molar-refractivity contribution in [2.24, 2.45) is 5.41 Å². The molecule has 0 aliphatic carbocycles. The minimum Gasteiger partial charge on any atom is -0.481 e. The molecule has 1 saturated heterocycles. The Kier molecular flexibility index (Phi) is 4.61. The van der Waals surface area contributed by atoms with Crippen LogP contribution in [0.4, 0.5) is 0 Å². The van der Waals surface area contributed by atoms with E-state index in [-0.39, 0.29) is 12.5 Å². The summed E-state index contributed by atoms with van der Waals surface area (Å²) in [5, 5.41) is 9.88. The lowest BCUT2D eigenvalue weighted by Crippen LogP contribution is -2.48. The third kappa shape index (κ3) is 3.23. The first-order chi connectivity index (χ1) is 9.87. The lowest BCUT2D eigenvalue weighted by molar-refractivity contribution is -0.150. The molecule has 1 amide bonds. The van der Waals surface area contributed by atoms with Gasteiger partial charge in [0.15, 0.2) is 0 Å². The molecule has 1 aliphatic heterocycles. The summed E-state index contributed by atoms with van der Waals surface area (Å²) in [5.74, 6) is -0.982. The number of carbonyl (C=O) groups is 2. The highest BCUT2D eigenvalue weighted by molar-refractivity contribution is 6.31. The van der Waals surface area contributed by atoms with Crippen molar-refractivity contribution in [1.29, 1.82) is 0 Å². The molecule has 5 nitrogen and oxygen atoms in total. The Morgan fingerprint density at radius 1 is 1.48 bits per heavy atom. The quantitative estimate of drug-likeness (QED) is 0.930. The molecule has 2 heterocycles. The average molecular weight is 313 g/mol. The van der Waals surface area contributed by atoms with Gasteiger partial charge in [0.1, 0.15) is 5.69 Å². The highest BCUT2D eigenvalue weighted by Crippen LogP contribution is 2.30. The number of amides is 1. The van der Waals surface area contributed by atoms with Crippen molar-refractivity contribution in [3.05, 3.63) is 23.0 Å². The van der Waals surface area contributed by atoms with Gasteiger partial charge >= 0.3 is 5.97 Å². The molecule has 21 heavy (non-hydrogen) atoms. The Hall–Kier alpha value is -1.49. The summed E-state index contributed by atoms with van der Waals surface area (Å²) < 4.78 is 1.84. The molecular formula is C15H21ClN2O3. The molecular weight excluding hydrogens is 292 g/mol. The second-order valence-electron chi connectivity index (χ2n) is 5.93. The maximum Gasteiger partial charge on any atom is 0.311 e. The second kappa shape index (κ2) is 6.10. The molecule has 1 atom stereocenters. The van der Waals surface area contributed by atoms with E-state index >= 15 is 0 Å². The van der Waals surface area contributed by atoms with E-state index in [1.807, 2.05) is 11.5 Å². The Morgan fingerprint density at radius 3 is 2.81 bits per heavy atom. The number of carboxylic acid groups (broad SMARTS) is 1. The van der Waals surface area contributed by atoms with Gasteiger partial charge in [-0.15, -0.1) is 0 Å². The number of aromatic nitrogens is 1. The smallest absolute Gasteiger partial charge is 0.311 e. The zero-order chi connectivity index (χ0) is 15.6. The topological polar surface area (TPSA) is 62.5 Å². The fourth-order valence-electron chi connectivity index (χ4n) is 2.83. The van der Waals surface area contributed by atoms with Crippen LogP contribution in [-0.4, -0.2) is 39.5 Å². The number of hydrogen-bond donors (Lipinski definition) is 1. The van der Waals surface area contributed by atoms with Crippen molar-refractivity contribution in [3.8, 4) is 0 Å². The van der Waals surface area contributed by atoms with Gasteiger partial charge in [-0.3, -0.25) is 9.59 Å². The number of nitrogens with zero attached hydrogens (tertiary/aromatic N) is 2. The monoisotopic (exact) mass is 312 g/mol. The van der Waals surface area contributed by atoms with E-state index in [2.05, 4.69) is 0 Å². The first-order valence-electron chi connectivity index (χ1n) is 7.26. The number of rotatable bonds is 4. The summed E-state index contributed by atoms with van der Waals surface area (Å²) in [6.07, 6.45) is 3.95.